The lowest BCUT2D eigenvalue weighted by molar-refractivity contribution is -0.137. The van der Waals surface area contributed by atoms with Gasteiger partial charge in [-0.25, -0.2) is 4.98 Å². The Balaban J connectivity index is 1.32. The summed E-state index contributed by atoms with van der Waals surface area (Å²) in [7, 11) is 0. The first-order chi connectivity index (χ1) is 12.9. The number of alkyl halides is 3. The standard InChI is InChI=1S/C16H12F3N5O2S/c17-16(18,19)9-1-3-11(4-2-9)24-5-10(6-24)21-13(25)15-23-22-14(26-15)12-7-27-8-20-12/h1-4,7-8,10H,5-6H2,(H,21,25). The molecule has 11 heteroatoms. The molecule has 1 aliphatic heterocycles. The van der Waals surface area contributed by atoms with Crippen LogP contribution in [0.15, 0.2) is 39.6 Å². The number of hydrogen-bond donors (Lipinski definition) is 1. The summed E-state index contributed by atoms with van der Waals surface area (Å²) in [5.74, 6) is -0.492. The summed E-state index contributed by atoms with van der Waals surface area (Å²) in [6, 6.07) is 4.76. The molecule has 2 aromatic heterocycles. The van der Waals surface area contributed by atoms with Crippen LogP contribution in [0.2, 0.25) is 0 Å². The zero-order valence-electron chi connectivity index (χ0n) is 13.6. The predicted octanol–water partition coefficient (Wildman–Crippen LogP) is 2.83. The van der Waals surface area contributed by atoms with Crippen molar-refractivity contribution in [3.05, 3.63) is 46.6 Å². The molecule has 1 aliphatic rings. The summed E-state index contributed by atoms with van der Waals surface area (Å²) in [5, 5.41) is 12.0. The minimum Gasteiger partial charge on any atom is -0.411 e. The summed E-state index contributed by atoms with van der Waals surface area (Å²) in [6.07, 6.45) is -4.36. The second-order valence-electron chi connectivity index (χ2n) is 5.91. The fraction of sp³-hybridized carbons (Fsp3) is 0.250. The van der Waals surface area contributed by atoms with E-state index < -0.39 is 17.6 Å². The molecule has 0 radical (unpaired) electrons. The smallest absolute Gasteiger partial charge is 0.411 e. The van der Waals surface area contributed by atoms with Crippen molar-refractivity contribution < 1.29 is 22.4 Å². The van der Waals surface area contributed by atoms with Crippen LogP contribution in [0, 0.1) is 0 Å². The molecule has 3 aromatic rings. The molecule has 0 aliphatic carbocycles. The maximum absolute atomic E-state index is 12.6. The van der Waals surface area contributed by atoms with Gasteiger partial charge in [-0.1, -0.05) is 0 Å². The third kappa shape index (κ3) is 3.63. The van der Waals surface area contributed by atoms with Crippen molar-refractivity contribution in [1.82, 2.24) is 20.5 Å². The summed E-state index contributed by atoms with van der Waals surface area (Å²) in [6.45, 7) is 0.953. The van der Waals surface area contributed by atoms with Gasteiger partial charge < -0.3 is 14.6 Å². The quantitative estimate of drug-likeness (QED) is 0.731. The van der Waals surface area contributed by atoms with Gasteiger partial charge >= 0.3 is 18.0 Å². The molecular formula is C16H12F3N5O2S. The highest BCUT2D eigenvalue weighted by Crippen LogP contribution is 2.31. The van der Waals surface area contributed by atoms with Crippen molar-refractivity contribution in [2.45, 2.75) is 12.2 Å². The topological polar surface area (TPSA) is 84.2 Å². The Kier molecular flexibility index (Phi) is 4.30. The third-order valence-corrected chi connectivity index (χ3v) is 4.63. The fourth-order valence-corrected chi connectivity index (χ4v) is 3.15. The Hall–Kier alpha value is -2.95. The van der Waals surface area contributed by atoms with Crippen molar-refractivity contribution in [2.24, 2.45) is 0 Å². The highest BCUT2D eigenvalue weighted by molar-refractivity contribution is 7.07. The number of carbonyl (C=O) groups excluding carboxylic acids is 1. The number of anilines is 1. The molecule has 0 bridgehead atoms. The van der Waals surface area contributed by atoms with Crippen molar-refractivity contribution >= 4 is 22.9 Å². The van der Waals surface area contributed by atoms with E-state index >= 15 is 0 Å². The molecule has 1 amide bonds. The van der Waals surface area contributed by atoms with Gasteiger partial charge in [0.1, 0.15) is 5.69 Å². The average molecular weight is 395 g/mol. The summed E-state index contributed by atoms with van der Waals surface area (Å²) >= 11 is 1.37. The molecule has 3 heterocycles. The van der Waals surface area contributed by atoms with Crippen molar-refractivity contribution in [1.29, 1.82) is 0 Å². The zero-order chi connectivity index (χ0) is 19.0. The molecule has 0 unspecified atom stereocenters. The van der Waals surface area contributed by atoms with E-state index in [9.17, 15) is 18.0 Å². The summed E-state index contributed by atoms with van der Waals surface area (Å²) in [4.78, 5) is 18.0. The molecule has 7 nitrogen and oxygen atoms in total. The number of hydrogen-bond acceptors (Lipinski definition) is 7. The highest BCUT2D eigenvalue weighted by atomic mass is 32.1. The Labute approximate surface area is 154 Å². The maximum atomic E-state index is 12.6. The minimum atomic E-state index is -4.36. The Morgan fingerprint density at radius 1 is 1.22 bits per heavy atom. The number of amides is 1. The largest absolute Gasteiger partial charge is 0.416 e. The van der Waals surface area contributed by atoms with Crippen LogP contribution in [0.25, 0.3) is 11.6 Å². The van der Waals surface area contributed by atoms with Crippen LogP contribution in [-0.2, 0) is 6.18 Å². The van der Waals surface area contributed by atoms with Crippen LogP contribution in [0.5, 0.6) is 0 Å². The first-order valence-corrected chi connectivity index (χ1v) is 8.79. The van der Waals surface area contributed by atoms with Gasteiger partial charge in [-0.15, -0.1) is 21.5 Å². The molecule has 0 saturated carbocycles. The van der Waals surface area contributed by atoms with Gasteiger partial charge in [0, 0.05) is 24.2 Å². The lowest BCUT2D eigenvalue weighted by atomic mass is 10.1. The van der Waals surface area contributed by atoms with E-state index in [2.05, 4.69) is 20.5 Å². The van der Waals surface area contributed by atoms with E-state index in [1.807, 2.05) is 4.90 Å². The summed E-state index contributed by atoms with van der Waals surface area (Å²) < 4.78 is 43.1. The van der Waals surface area contributed by atoms with Crippen LogP contribution >= 0.6 is 11.3 Å². The van der Waals surface area contributed by atoms with Crippen LogP contribution in [0.1, 0.15) is 16.2 Å². The van der Waals surface area contributed by atoms with Gasteiger partial charge in [0.15, 0.2) is 0 Å². The SMILES string of the molecule is O=C(NC1CN(c2ccc(C(F)(F)F)cc2)C1)c1nnc(-c2cscn2)o1. The van der Waals surface area contributed by atoms with Crippen molar-refractivity contribution in [3.8, 4) is 11.6 Å². The molecular weight excluding hydrogens is 383 g/mol. The first-order valence-electron chi connectivity index (χ1n) is 7.85. The number of benzene rings is 1. The third-order valence-electron chi connectivity index (χ3n) is 4.05. The molecule has 4 rings (SSSR count). The van der Waals surface area contributed by atoms with E-state index in [1.165, 1.54) is 23.5 Å². The van der Waals surface area contributed by atoms with E-state index in [0.717, 1.165) is 12.1 Å². The Morgan fingerprint density at radius 2 is 1.96 bits per heavy atom. The second kappa shape index (κ2) is 6.65. The Morgan fingerprint density at radius 3 is 2.59 bits per heavy atom. The molecule has 27 heavy (non-hydrogen) atoms. The lowest BCUT2D eigenvalue weighted by Gasteiger charge is -2.41. The maximum Gasteiger partial charge on any atom is 0.416 e. The van der Waals surface area contributed by atoms with Gasteiger partial charge in [-0.2, -0.15) is 13.2 Å². The molecule has 1 saturated heterocycles. The van der Waals surface area contributed by atoms with E-state index in [-0.39, 0.29) is 17.8 Å². The number of carbonyl (C=O) groups is 1. The van der Waals surface area contributed by atoms with Crippen LogP contribution in [-0.4, -0.2) is 40.2 Å². The van der Waals surface area contributed by atoms with Gasteiger partial charge in [0.25, 0.3) is 5.89 Å². The number of nitrogens with zero attached hydrogens (tertiary/aromatic N) is 4. The van der Waals surface area contributed by atoms with Gasteiger partial charge in [0.2, 0.25) is 0 Å². The molecule has 1 fully saturated rings. The highest BCUT2D eigenvalue weighted by Gasteiger charge is 2.32. The molecule has 0 spiro atoms. The van der Waals surface area contributed by atoms with Crippen LogP contribution < -0.4 is 10.2 Å². The average Bonchev–Trinajstić information content (AvgIpc) is 3.27. The normalized spacial score (nSPS) is 14.9. The van der Waals surface area contributed by atoms with Gasteiger partial charge in [-0.3, -0.25) is 4.79 Å². The van der Waals surface area contributed by atoms with Gasteiger partial charge in [0.05, 0.1) is 17.1 Å². The predicted molar refractivity (Wildman–Crippen MR) is 90.3 cm³/mol. The van der Waals surface area contributed by atoms with E-state index in [4.69, 9.17) is 4.42 Å². The molecule has 1 N–H and O–H groups in total. The van der Waals surface area contributed by atoms with Gasteiger partial charge in [-0.05, 0) is 24.3 Å². The fourth-order valence-electron chi connectivity index (χ4n) is 2.63. The zero-order valence-corrected chi connectivity index (χ0v) is 14.4. The molecule has 1 aromatic carbocycles. The molecule has 140 valence electrons. The van der Waals surface area contributed by atoms with Crippen LogP contribution in [0.3, 0.4) is 0 Å². The van der Waals surface area contributed by atoms with Crippen LogP contribution in [0.4, 0.5) is 18.9 Å². The van der Waals surface area contributed by atoms with Crippen molar-refractivity contribution in [2.75, 3.05) is 18.0 Å². The number of rotatable bonds is 4. The van der Waals surface area contributed by atoms with E-state index in [1.54, 1.807) is 10.9 Å². The number of nitrogens with one attached hydrogen (secondary N) is 1. The number of aromatic nitrogens is 3. The monoisotopic (exact) mass is 395 g/mol. The first kappa shape index (κ1) is 17.5. The number of thiazole rings is 1. The van der Waals surface area contributed by atoms with E-state index in [0.29, 0.717) is 24.5 Å². The summed E-state index contributed by atoms with van der Waals surface area (Å²) in [5.41, 5.74) is 2.09. The minimum absolute atomic E-state index is 0.158. The number of halogens is 3. The molecule has 0 atom stereocenters. The van der Waals surface area contributed by atoms with Crippen molar-refractivity contribution in [3.63, 3.8) is 0 Å². The Bertz CT molecular complexity index is 934. The second-order valence-corrected chi connectivity index (χ2v) is 6.62. The lowest BCUT2D eigenvalue weighted by Crippen LogP contribution is -2.59.